The van der Waals surface area contributed by atoms with E-state index >= 15 is 0 Å². The summed E-state index contributed by atoms with van der Waals surface area (Å²) >= 11 is 0. The van der Waals surface area contributed by atoms with E-state index in [2.05, 4.69) is 206 Å². The van der Waals surface area contributed by atoms with Crippen LogP contribution in [0.5, 0.6) is 0 Å². The van der Waals surface area contributed by atoms with Crippen molar-refractivity contribution in [2.45, 2.75) is 50.4 Å². The molecule has 2 aliphatic carbocycles. The van der Waals surface area contributed by atoms with E-state index in [4.69, 9.17) is 4.42 Å². The van der Waals surface area contributed by atoms with Gasteiger partial charge < -0.3 is 9.32 Å². The summed E-state index contributed by atoms with van der Waals surface area (Å²) in [6.07, 6.45) is 6.44. The number of benzene rings is 9. The molecular formula is C60H47NO. The van der Waals surface area contributed by atoms with Crippen LogP contribution in [0.1, 0.15) is 67.2 Å². The SMILES string of the molecule is CC1(c2ccccc2)c2ccccc2-c2ccc(-c3ccccc3N(c3ccc4c(c3)oc3ccccc34)c3ccccc3-c3cccc4cccc(C5CCCCC5)c34)cc21. The molecule has 12 rings (SSSR count). The summed E-state index contributed by atoms with van der Waals surface area (Å²) in [5.41, 5.74) is 17.7. The maximum Gasteiger partial charge on any atom is 0.137 e. The molecule has 1 fully saturated rings. The van der Waals surface area contributed by atoms with E-state index in [-0.39, 0.29) is 5.41 Å². The first-order valence-corrected chi connectivity index (χ1v) is 22.4. The summed E-state index contributed by atoms with van der Waals surface area (Å²) in [6.45, 7) is 2.40. The summed E-state index contributed by atoms with van der Waals surface area (Å²) in [4.78, 5) is 2.48. The molecule has 1 aromatic heterocycles. The van der Waals surface area contributed by atoms with E-state index in [9.17, 15) is 0 Å². The highest BCUT2D eigenvalue weighted by Gasteiger charge is 2.41. The minimum absolute atomic E-state index is 0.304. The fourth-order valence-corrected chi connectivity index (χ4v) is 11.2. The van der Waals surface area contributed by atoms with E-state index in [0.29, 0.717) is 5.92 Å². The van der Waals surface area contributed by atoms with Gasteiger partial charge in [0.15, 0.2) is 0 Å². The lowest BCUT2D eigenvalue weighted by Gasteiger charge is -2.31. The molecule has 1 unspecified atom stereocenters. The summed E-state index contributed by atoms with van der Waals surface area (Å²) in [5, 5.41) is 4.94. The number of para-hydroxylation sites is 3. The Morgan fingerprint density at radius 2 is 1.11 bits per heavy atom. The zero-order chi connectivity index (χ0) is 41.2. The van der Waals surface area contributed by atoms with Crippen molar-refractivity contribution in [2.24, 2.45) is 0 Å². The third-order valence-electron chi connectivity index (χ3n) is 14.2. The predicted molar refractivity (Wildman–Crippen MR) is 260 cm³/mol. The van der Waals surface area contributed by atoms with Crippen LogP contribution in [0.15, 0.2) is 205 Å². The Labute approximate surface area is 363 Å². The molecule has 0 spiro atoms. The molecule has 0 saturated heterocycles. The van der Waals surface area contributed by atoms with Gasteiger partial charge in [0.05, 0.1) is 11.4 Å². The number of fused-ring (bicyclic) bond motifs is 7. The summed E-state index contributed by atoms with van der Waals surface area (Å²) in [6, 6.07) is 74.1. The second kappa shape index (κ2) is 14.8. The Kier molecular flexibility index (Phi) is 8.74. The Balaban J connectivity index is 1.09. The maximum absolute atomic E-state index is 6.60. The molecule has 62 heavy (non-hydrogen) atoms. The molecule has 9 aromatic carbocycles. The average molecular weight is 798 g/mol. The van der Waals surface area contributed by atoms with E-state index < -0.39 is 0 Å². The van der Waals surface area contributed by atoms with Gasteiger partial charge in [0.2, 0.25) is 0 Å². The van der Waals surface area contributed by atoms with Gasteiger partial charge in [0.25, 0.3) is 0 Å². The highest BCUT2D eigenvalue weighted by Crippen LogP contribution is 2.54. The van der Waals surface area contributed by atoms with Crippen LogP contribution in [-0.4, -0.2) is 0 Å². The van der Waals surface area contributed by atoms with Gasteiger partial charge in [-0.15, -0.1) is 0 Å². The van der Waals surface area contributed by atoms with Gasteiger partial charge in [-0.1, -0.05) is 177 Å². The molecule has 10 aromatic rings. The first-order valence-electron chi connectivity index (χ1n) is 22.4. The maximum atomic E-state index is 6.60. The molecular weight excluding hydrogens is 751 g/mol. The third kappa shape index (κ3) is 5.77. The lowest BCUT2D eigenvalue weighted by atomic mass is 9.74. The predicted octanol–water partition coefficient (Wildman–Crippen LogP) is 16.9. The molecule has 2 heteroatoms. The van der Waals surface area contributed by atoms with Gasteiger partial charge in [-0.3, -0.25) is 0 Å². The first-order chi connectivity index (χ1) is 30.6. The van der Waals surface area contributed by atoms with E-state index in [1.807, 2.05) is 6.07 Å². The molecule has 0 aliphatic heterocycles. The van der Waals surface area contributed by atoms with Crippen molar-refractivity contribution in [3.8, 4) is 33.4 Å². The van der Waals surface area contributed by atoms with Crippen LogP contribution in [0.25, 0.3) is 66.1 Å². The fourth-order valence-electron chi connectivity index (χ4n) is 11.2. The standard InChI is InChI=1S/C60H47NO/c1-60(43-22-6-3-7-23-43)53-30-12-8-25-47(53)48-36-34-42(38-54(48)60)45-24-9-13-31-55(45)61(44-35-37-51-50-27-11-15-33-57(50)62-58(51)39-44)56-32-14-10-26-49(56)52-29-17-21-41-20-16-28-46(59(41)52)40-18-4-2-5-19-40/h3,6-17,20-40H,2,4-5,18-19H2,1H3. The van der Waals surface area contributed by atoms with Crippen LogP contribution in [0.2, 0.25) is 0 Å². The zero-order valence-electron chi connectivity index (χ0n) is 35.0. The Hall–Kier alpha value is -7.16. The molecule has 0 N–H and O–H groups in total. The van der Waals surface area contributed by atoms with Crippen LogP contribution >= 0.6 is 0 Å². The summed E-state index contributed by atoms with van der Waals surface area (Å²) in [5.74, 6) is 0.570. The topological polar surface area (TPSA) is 16.4 Å². The second-order valence-corrected chi connectivity index (χ2v) is 17.5. The lowest BCUT2D eigenvalue weighted by Crippen LogP contribution is -2.22. The molecule has 0 radical (unpaired) electrons. The summed E-state index contributed by atoms with van der Waals surface area (Å²) in [7, 11) is 0. The molecule has 0 bridgehead atoms. The Morgan fingerprint density at radius 3 is 1.95 bits per heavy atom. The second-order valence-electron chi connectivity index (χ2n) is 17.5. The lowest BCUT2D eigenvalue weighted by molar-refractivity contribution is 0.445. The molecule has 1 saturated carbocycles. The number of rotatable bonds is 7. The molecule has 2 aliphatic rings. The van der Waals surface area contributed by atoms with Crippen molar-refractivity contribution in [3.63, 3.8) is 0 Å². The van der Waals surface area contributed by atoms with Crippen molar-refractivity contribution >= 4 is 49.8 Å². The Morgan fingerprint density at radius 1 is 0.468 bits per heavy atom. The minimum Gasteiger partial charge on any atom is -0.456 e. The molecule has 2 nitrogen and oxygen atoms in total. The highest BCUT2D eigenvalue weighted by atomic mass is 16.3. The van der Waals surface area contributed by atoms with Crippen molar-refractivity contribution < 1.29 is 4.42 Å². The van der Waals surface area contributed by atoms with Gasteiger partial charge in [0.1, 0.15) is 11.2 Å². The minimum atomic E-state index is -0.304. The fraction of sp³-hybridized carbons (Fsp3) is 0.133. The monoisotopic (exact) mass is 797 g/mol. The van der Waals surface area contributed by atoms with Crippen LogP contribution in [0.3, 0.4) is 0 Å². The van der Waals surface area contributed by atoms with E-state index in [0.717, 1.165) is 39.0 Å². The third-order valence-corrected chi connectivity index (χ3v) is 14.2. The van der Waals surface area contributed by atoms with Crippen molar-refractivity contribution in [2.75, 3.05) is 4.90 Å². The van der Waals surface area contributed by atoms with Gasteiger partial charge in [0, 0.05) is 39.1 Å². The van der Waals surface area contributed by atoms with Crippen LogP contribution < -0.4 is 4.90 Å². The van der Waals surface area contributed by atoms with Gasteiger partial charge in [-0.25, -0.2) is 0 Å². The van der Waals surface area contributed by atoms with Crippen molar-refractivity contribution in [1.82, 2.24) is 0 Å². The Bertz CT molecular complexity index is 3310. The largest absolute Gasteiger partial charge is 0.456 e. The normalized spacial score (nSPS) is 16.1. The van der Waals surface area contributed by atoms with Gasteiger partial charge in [-0.2, -0.15) is 0 Å². The smallest absolute Gasteiger partial charge is 0.137 e. The number of nitrogens with zero attached hydrogens (tertiary/aromatic N) is 1. The number of hydrogen-bond acceptors (Lipinski definition) is 2. The first kappa shape index (κ1) is 36.7. The van der Waals surface area contributed by atoms with Gasteiger partial charge in [-0.05, 0) is 117 Å². The van der Waals surface area contributed by atoms with Gasteiger partial charge >= 0.3 is 0 Å². The number of hydrogen-bond donors (Lipinski definition) is 0. The molecule has 0 amide bonds. The zero-order valence-corrected chi connectivity index (χ0v) is 35.0. The van der Waals surface area contributed by atoms with Crippen molar-refractivity contribution in [1.29, 1.82) is 0 Å². The molecule has 298 valence electrons. The van der Waals surface area contributed by atoms with Crippen LogP contribution in [0, 0.1) is 0 Å². The average Bonchev–Trinajstić information content (AvgIpc) is 3.84. The van der Waals surface area contributed by atoms with E-state index in [1.54, 1.807) is 0 Å². The quantitative estimate of drug-likeness (QED) is 0.160. The van der Waals surface area contributed by atoms with Crippen LogP contribution in [-0.2, 0) is 5.41 Å². The highest BCUT2D eigenvalue weighted by molar-refractivity contribution is 6.08. The van der Waals surface area contributed by atoms with Crippen molar-refractivity contribution in [3.05, 3.63) is 222 Å². The van der Waals surface area contributed by atoms with Crippen LogP contribution in [0.4, 0.5) is 17.1 Å². The number of furan rings is 1. The summed E-state index contributed by atoms with van der Waals surface area (Å²) < 4.78 is 6.60. The molecule has 1 atom stereocenters. The number of anilines is 3. The molecule has 1 heterocycles. The van der Waals surface area contributed by atoms with E-state index in [1.165, 1.54) is 98.5 Å².